The van der Waals surface area contributed by atoms with Gasteiger partial charge >= 0.3 is 0 Å². The molecule has 32 heavy (non-hydrogen) atoms. The van der Waals surface area contributed by atoms with Gasteiger partial charge in [0.15, 0.2) is 0 Å². The van der Waals surface area contributed by atoms with Crippen LogP contribution in [0.4, 0.5) is 0 Å². The summed E-state index contributed by atoms with van der Waals surface area (Å²) in [6.45, 7) is 12.5. The molecule has 0 saturated carbocycles. The minimum absolute atomic E-state index is 0.0627. The highest BCUT2D eigenvalue weighted by Gasteiger charge is 2.24. The molecule has 0 spiro atoms. The molecule has 0 aromatic carbocycles. The van der Waals surface area contributed by atoms with E-state index in [1.807, 2.05) is 12.3 Å². The fourth-order valence-electron chi connectivity index (χ4n) is 4.49. The van der Waals surface area contributed by atoms with Crippen LogP contribution in [-0.4, -0.2) is 44.6 Å². The van der Waals surface area contributed by atoms with Crippen molar-refractivity contribution in [2.75, 3.05) is 13.1 Å². The summed E-state index contributed by atoms with van der Waals surface area (Å²) < 4.78 is 2.08. The Morgan fingerprint density at radius 1 is 1.41 bits per heavy atom. The Hall–Kier alpha value is -2.97. The van der Waals surface area contributed by atoms with E-state index < -0.39 is 0 Å². The second kappa shape index (κ2) is 8.18. The molecule has 1 aliphatic heterocycles. The average molecular weight is 449 g/mol. The van der Waals surface area contributed by atoms with Crippen molar-refractivity contribution in [3.8, 4) is 5.69 Å². The first-order chi connectivity index (χ1) is 15.4. The van der Waals surface area contributed by atoms with Gasteiger partial charge in [-0.1, -0.05) is 20.4 Å². The predicted octanol–water partition coefficient (Wildman–Crippen LogP) is 3.25. The average Bonchev–Trinajstić information content (AvgIpc) is 3.37. The van der Waals surface area contributed by atoms with Gasteiger partial charge in [-0.25, -0.2) is 4.98 Å². The van der Waals surface area contributed by atoms with Gasteiger partial charge in [-0.2, -0.15) is 0 Å². The van der Waals surface area contributed by atoms with Crippen LogP contribution in [0, 0.1) is 12.8 Å². The summed E-state index contributed by atoms with van der Waals surface area (Å²) in [5.74, 6) is 0.490. The van der Waals surface area contributed by atoms with Crippen molar-refractivity contribution in [1.29, 1.82) is 0 Å². The summed E-state index contributed by atoms with van der Waals surface area (Å²) in [7, 11) is 0. The summed E-state index contributed by atoms with van der Waals surface area (Å²) in [6.07, 6.45) is 5.61. The van der Waals surface area contributed by atoms with Crippen LogP contribution in [0.1, 0.15) is 41.2 Å². The molecule has 5 rings (SSSR count). The minimum atomic E-state index is -0.0627. The first-order valence-electron chi connectivity index (χ1n) is 11.1. The van der Waals surface area contributed by atoms with Gasteiger partial charge in [-0.3, -0.25) is 14.3 Å². The van der Waals surface area contributed by atoms with Crippen molar-refractivity contribution in [1.82, 2.24) is 30.2 Å². The lowest BCUT2D eigenvalue weighted by molar-refractivity contribution is 0.0945. The second-order valence-corrected chi connectivity index (χ2v) is 9.95. The predicted molar refractivity (Wildman–Crippen MR) is 130 cm³/mol. The molecule has 5 heterocycles. The Morgan fingerprint density at radius 3 is 2.97 bits per heavy atom. The molecular weight excluding hydrogens is 420 g/mol. The van der Waals surface area contributed by atoms with Crippen molar-refractivity contribution < 1.29 is 4.79 Å². The third kappa shape index (κ3) is 3.63. The van der Waals surface area contributed by atoms with Crippen LogP contribution in [0.3, 0.4) is 0 Å². The van der Waals surface area contributed by atoms with Gasteiger partial charge in [-0.15, -0.1) is 11.3 Å². The van der Waals surface area contributed by atoms with E-state index in [9.17, 15) is 4.79 Å². The summed E-state index contributed by atoms with van der Waals surface area (Å²) >= 11 is 1.42. The number of nitrogens with zero attached hydrogens (tertiary/aromatic N) is 3. The molecule has 1 amide bonds. The maximum absolute atomic E-state index is 13.1. The first-order valence-corrected chi connectivity index (χ1v) is 11.9. The Kier molecular flexibility index (Phi) is 5.35. The van der Waals surface area contributed by atoms with Gasteiger partial charge in [0.2, 0.25) is 0 Å². The van der Waals surface area contributed by atoms with E-state index in [0.29, 0.717) is 16.3 Å². The van der Waals surface area contributed by atoms with E-state index in [1.54, 1.807) is 6.20 Å². The lowest BCUT2D eigenvalue weighted by atomic mass is 10.1. The highest BCUT2D eigenvalue weighted by Crippen LogP contribution is 2.34. The number of aromatic amines is 1. The largest absolute Gasteiger partial charge is 0.347 e. The van der Waals surface area contributed by atoms with Gasteiger partial charge in [-0.05, 0) is 49.9 Å². The standard InChI is InChI=1S/C24H28N6OS/c1-13(2)9-17-10-14(3)19(12-27-17)30-15(4)28-21-20-18(30)6-8-26-24(20)32-22(21)23(31)29-16-5-7-25-11-16/h6,8,10,12-13,16,25,28H,4-5,7,9,11H2,1-3H3,(H,29,31)/t16-/m1/s1. The fourth-order valence-corrected chi connectivity index (χ4v) is 5.52. The maximum Gasteiger partial charge on any atom is 0.263 e. The van der Waals surface area contributed by atoms with Gasteiger partial charge in [0, 0.05) is 24.5 Å². The number of aryl methyl sites for hydroxylation is 1. The zero-order chi connectivity index (χ0) is 22.4. The lowest BCUT2D eigenvalue weighted by Crippen LogP contribution is -2.36. The zero-order valence-corrected chi connectivity index (χ0v) is 19.5. The third-order valence-electron chi connectivity index (χ3n) is 5.95. The van der Waals surface area contributed by atoms with Crippen molar-refractivity contribution in [2.45, 2.75) is 39.7 Å². The van der Waals surface area contributed by atoms with Gasteiger partial charge < -0.3 is 15.6 Å². The SMILES string of the molecule is C=c1[nH]c2c(C(=O)N[C@@H]3CCNC3)sc3nccc(c32)n1-c1cnc(CC(C)C)cc1C. The molecule has 0 aliphatic carbocycles. The number of aromatic nitrogens is 4. The Morgan fingerprint density at radius 2 is 2.25 bits per heavy atom. The smallest absolute Gasteiger partial charge is 0.263 e. The van der Waals surface area contributed by atoms with Crippen LogP contribution in [0.25, 0.3) is 33.5 Å². The molecular formula is C24H28N6OS. The van der Waals surface area contributed by atoms with Crippen molar-refractivity contribution in [3.05, 3.63) is 46.1 Å². The topological polar surface area (TPSA) is 87.6 Å². The highest BCUT2D eigenvalue weighted by molar-refractivity contribution is 7.21. The molecule has 0 unspecified atom stereocenters. The number of nitrogens with one attached hydrogen (secondary N) is 3. The molecule has 1 saturated heterocycles. The van der Waals surface area contributed by atoms with Crippen LogP contribution >= 0.6 is 11.3 Å². The zero-order valence-electron chi connectivity index (χ0n) is 18.7. The van der Waals surface area contributed by atoms with E-state index in [0.717, 1.165) is 64.1 Å². The molecule has 4 aromatic heterocycles. The van der Waals surface area contributed by atoms with E-state index >= 15 is 0 Å². The van der Waals surface area contributed by atoms with Crippen LogP contribution in [-0.2, 0) is 6.42 Å². The number of rotatable bonds is 5. The van der Waals surface area contributed by atoms with Crippen LogP contribution in [0.2, 0.25) is 0 Å². The second-order valence-electron chi connectivity index (χ2n) is 8.95. The minimum Gasteiger partial charge on any atom is -0.347 e. The van der Waals surface area contributed by atoms with Crippen LogP contribution in [0.15, 0.2) is 24.5 Å². The van der Waals surface area contributed by atoms with E-state index in [-0.39, 0.29) is 11.9 Å². The number of H-pyrrole nitrogens is 1. The summed E-state index contributed by atoms with van der Waals surface area (Å²) in [5.41, 5.74) is 5.65. The maximum atomic E-state index is 13.1. The van der Waals surface area contributed by atoms with Gasteiger partial charge in [0.25, 0.3) is 5.91 Å². The number of hydrogen-bond donors (Lipinski definition) is 3. The normalized spacial score (nSPS) is 16.4. The van der Waals surface area contributed by atoms with Gasteiger partial charge in [0.1, 0.15) is 15.2 Å². The summed E-state index contributed by atoms with van der Waals surface area (Å²) in [6, 6.07) is 4.29. The molecule has 1 atom stereocenters. The monoisotopic (exact) mass is 448 g/mol. The lowest BCUT2D eigenvalue weighted by Gasteiger charge is -2.16. The molecule has 4 aromatic rings. The molecule has 1 fully saturated rings. The van der Waals surface area contributed by atoms with Crippen molar-refractivity contribution in [3.63, 3.8) is 0 Å². The molecule has 0 radical (unpaired) electrons. The van der Waals surface area contributed by atoms with Crippen molar-refractivity contribution >= 4 is 45.1 Å². The number of hydrogen-bond acceptors (Lipinski definition) is 5. The molecule has 3 N–H and O–H groups in total. The number of pyridine rings is 2. The molecule has 0 bridgehead atoms. The molecule has 166 valence electrons. The van der Waals surface area contributed by atoms with Crippen LogP contribution in [0.5, 0.6) is 0 Å². The Balaban J connectivity index is 1.64. The highest BCUT2D eigenvalue weighted by atomic mass is 32.1. The molecule has 1 aliphatic rings. The number of thiophene rings is 1. The van der Waals surface area contributed by atoms with Crippen molar-refractivity contribution in [2.24, 2.45) is 5.92 Å². The number of amides is 1. The fraction of sp³-hybridized carbons (Fsp3) is 0.375. The Bertz CT molecular complexity index is 1370. The van der Waals surface area contributed by atoms with Gasteiger partial charge in [0.05, 0.1) is 28.3 Å². The quantitative estimate of drug-likeness (QED) is 0.437. The molecule has 8 heteroatoms. The van der Waals surface area contributed by atoms with E-state index in [4.69, 9.17) is 4.98 Å². The van der Waals surface area contributed by atoms with Crippen LogP contribution < -0.4 is 16.1 Å². The van der Waals surface area contributed by atoms with E-state index in [2.05, 4.69) is 58.6 Å². The molecule has 7 nitrogen and oxygen atoms in total. The number of carbonyl (C=O) groups excluding carboxylic acids is 1. The van der Waals surface area contributed by atoms with E-state index in [1.165, 1.54) is 11.3 Å². The first kappa shape index (κ1) is 20.9. The summed E-state index contributed by atoms with van der Waals surface area (Å²) in [5, 5.41) is 7.39. The Labute approximate surface area is 190 Å². The third-order valence-corrected chi connectivity index (χ3v) is 7.05. The summed E-state index contributed by atoms with van der Waals surface area (Å²) in [4.78, 5) is 27.2. The number of carbonyl (C=O) groups is 1.